The molecule has 3 rings (SSSR count). The zero-order valence-electron chi connectivity index (χ0n) is 13.9. The van der Waals surface area contributed by atoms with Crippen molar-refractivity contribution in [2.45, 2.75) is 6.55 Å². The number of hydrogen-bond acceptors (Lipinski definition) is 5. The molecule has 0 atom stereocenters. The van der Waals surface area contributed by atoms with Crippen molar-refractivity contribution in [2.75, 3.05) is 5.32 Å². The second kappa shape index (κ2) is 8.01. The molecule has 1 N–H and O–H groups in total. The minimum atomic E-state index is -3.01. The number of non-ortho nitro benzene ring substituents is 1. The molecule has 0 bridgehead atoms. The molecule has 0 fully saturated rings. The van der Waals surface area contributed by atoms with Gasteiger partial charge in [0.25, 0.3) is 11.6 Å². The van der Waals surface area contributed by atoms with Crippen molar-refractivity contribution in [1.29, 1.82) is 0 Å². The second-order valence-corrected chi connectivity index (χ2v) is 5.86. The zero-order chi connectivity index (χ0) is 20.3. The third-order valence-corrected chi connectivity index (χ3v) is 3.75. The Bertz CT molecular complexity index is 1020. The van der Waals surface area contributed by atoms with Crippen molar-refractivity contribution in [3.05, 3.63) is 75.6 Å². The normalized spacial score (nSPS) is 10.7. The lowest BCUT2D eigenvalue weighted by atomic mass is 10.2. The van der Waals surface area contributed by atoms with Crippen molar-refractivity contribution >= 4 is 28.9 Å². The van der Waals surface area contributed by atoms with Gasteiger partial charge in [0.1, 0.15) is 17.2 Å². The van der Waals surface area contributed by atoms with Gasteiger partial charge in [-0.1, -0.05) is 11.6 Å². The van der Waals surface area contributed by atoms with Gasteiger partial charge >= 0.3 is 6.55 Å². The number of benzene rings is 2. The fourth-order valence-corrected chi connectivity index (χ4v) is 2.43. The van der Waals surface area contributed by atoms with Crippen molar-refractivity contribution < 1.29 is 23.2 Å². The Morgan fingerprint density at radius 1 is 1.18 bits per heavy atom. The summed E-state index contributed by atoms with van der Waals surface area (Å²) in [4.78, 5) is 22.8. The highest BCUT2D eigenvalue weighted by Gasteiger charge is 2.19. The number of nitrogens with one attached hydrogen (secondary N) is 1. The SMILES string of the molecule is O=C(Nc1cc(Oc2ccc(Cl)cc2)cc([N+](=O)[O-])c1)c1ccnn1C(F)F. The molecular weight excluding hydrogens is 398 g/mol. The Labute approximate surface area is 161 Å². The van der Waals surface area contributed by atoms with E-state index in [1.165, 1.54) is 6.07 Å². The number of nitro benzene ring substituents is 1. The Hall–Kier alpha value is -3.53. The molecule has 144 valence electrons. The summed E-state index contributed by atoms with van der Waals surface area (Å²) in [5.74, 6) is -0.483. The van der Waals surface area contributed by atoms with Gasteiger partial charge in [0.15, 0.2) is 0 Å². The van der Waals surface area contributed by atoms with Crippen LogP contribution in [0.25, 0.3) is 0 Å². The van der Waals surface area contributed by atoms with Gasteiger partial charge in [0, 0.05) is 23.4 Å². The summed E-state index contributed by atoms with van der Waals surface area (Å²) in [5, 5.41) is 17.3. The van der Waals surface area contributed by atoms with Crippen molar-refractivity contribution in [3.8, 4) is 11.5 Å². The summed E-state index contributed by atoms with van der Waals surface area (Å²) >= 11 is 5.79. The quantitative estimate of drug-likeness (QED) is 0.462. The van der Waals surface area contributed by atoms with Crippen LogP contribution in [0.3, 0.4) is 0 Å². The average Bonchev–Trinajstić information content (AvgIpc) is 3.14. The number of anilines is 1. The van der Waals surface area contributed by atoms with Gasteiger partial charge in [-0.2, -0.15) is 18.6 Å². The van der Waals surface area contributed by atoms with Gasteiger partial charge in [-0.3, -0.25) is 14.9 Å². The lowest BCUT2D eigenvalue weighted by molar-refractivity contribution is -0.384. The number of alkyl halides is 2. The smallest absolute Gasteiger partial charge is 0.333 e. The van der Waals surface area contributed by atoms with E-state index in [9.17, 15) is 23.7 Å². The van der Waals surface area contributed by atoms with Crippen LogP contribution < -0.4 is 10.1 Å². The van der Waals surface area contributed by atoms with Crippen LogP contribution >= 0.6 is 11.6 Å². The number of halogens is 3. The van der Waals surface area contributed by atoms with Gasteiger partial charge in [-0.05, 0) is 30.3 Å². The number of amides is 1. The maximum Gasteiger partial charge on any atom is 0.333 e. The molecule has 1 aromatic heterocycles. The minimum Gasteiger partial charge on any atom is -0.457 e. The van der Waals surface area contributed by atoms with E-state index in [0.29, 0.717) is 10.8 Å². The molecule has 3 aromatic rings. The molecule has 1 amide bonds. The van der Waals surface area contributed by atoms with E-state index in [-0.39, 0.29) is 21.8 Å². The molecule has 0 aliphatic carbocycles. The topological polar surface area (TPSA) is 99.3 Å². The molecule has 0 spiro atoms. The molecule has 0 saturated carbocycles. The monoisotopic (exact) mass is 408 g/mol. The van der Waals surface area contributed by atoms with Crippen molar-refractivity contribution in [2.24, 2.45) is 0 Å². The predicted octanol–water partition coefficient (Wildman–Crippen LogP) is 4.88. The highest BCUT2D eigenvalue weighted by molar-refractivity contribution is 6.30. The molecule has 2 aromatic carbocycles. The van der Waals surface area contributed by atoms with E-state index in [4.69, 9.17) is 16.3 Å². The van der Waals surface area contributed by atoms with Gasteiger partial charge < -0.3 is 10.1 Å². The Morgan fingerprint density at radius 2 is 1.89 bits per heavy atom. The maximum absolute atomic E-state index is 12.9. The third-order valence-electron chi connectivity index (χ3n) is 3.50. The number of carbonyl (C=O) groups is 1. The molecule has 0 radical (unpaired) electrons. The van der Waals surface area contributed by atoms with Crippen LogP contribution in [0.15, 0.2) is 54.7 Å². The molecule has 0 aliphatic rings. The molecular formula is C17H11ClF2N4O4. The van der Waals surface area contributed by atoms with Crippen molar-refractivity contribution in [3.63, 3.8) is 0 Å². The lowest BCUT2D eigenvalue weighted by Crippen LogP contribution is -2.18. The molecule has 0 aliphatic heterocycles. The highest BCUT2D eigenvalue weighted by atomic mass is 35.5. The summed E-state index contributed by atoms with van der Waals surface area (Å²) in [7, 11) is 0. The highest BCUT2D eigenvalue weighted by Crippen LogP contribution is 2.30. The Morgan fingerprint density at radius 3 is 2.54 bits per heavy atom. The van der Waals surface area contributed by atoms with Crippen LogP contribution in [-0.4, -0.2) is 20.6 Å². The summed E-state index contributed by atoms with van der Waals surface area (Å²) in [5.41, 5.74) is -0.768. The minimum absolute atomic E-state index is 0.00909. The number of nitro groups is 1. The molecule has 1 heterocycles. The van der Waals surface area contributed by atoms with Gasteiger partial charge in [0.2, 0.25) is 0 Å². The van der Waals surface area contributed by atoms with Crippen LogP contribution in [0.2, 0.25) is 5.02 Å². The van der Waals surface area contributed by atoms with Gasteiger partial charge in [-0.15, -0.1) is 0 Å². The number of nitrogens with zero attached hydrogens (tertiary/aromatic N) is 3. The first kappa shape index (κ1) is 19.2. The summed E-state index contributed by atoms with van der Waals surface area (Å²) in [6.07, 6.45) is 1.05. The van der Waals surface area contributed by atoms with Gasteiger partial charge in [-0.25, -0.2) is 0 Å². The largest absolute Gasteiger partial charge is 0.457 e. The standard InChI is InChI=1S/C17H11ClF2N4O4/c18-10-1-3-13(4-2-10)28-14-8-11(7-12(9-14)24(26)27)22-16(25)15-5-6-21-23(15)17(19)20/h1-9,17H,(H,22,25). The predicted molar refractivity (Wildman–Crippen MR) is 96.1 cm³/mol. The number of carbonyl (C=O) groups excluding carboxylic acids is 1. The van der Waals surface area contributed by atoms with E-state index >= 15 is 0 Å². The first-order valence-electron chi connectivity index (χ1n) is 7.69. The number of ether oxygens (including phenoxy) is 1. The second-order valence-electron chi connectivity index (χ2n) is 5.42. The zero-order valence-corrected chi connectivity index (χ0v) is 14.6. The van der Waals surface area contributed by atoms with Crippen LogP contribution in [0.5, 0.6) is 11.5 Å². The Kier molecular flexibility index (Phi) is 5.50. The lowest BCUT2D eigenvalue weighted by Gasteiger charge is -2.10. The maximum atomic E-state index is 12.9. The van der Waals surface area contributed by atoms with E-state index in [1.54, 1.807) is 24.3 Å². The fourth-order valence-electron chi connectivity index (χ4n) is 2.30. The molecule has 8 nitrogen and oxygen atoms in total. The van der Waals surface area contributed by atoms with Crippen LogP contribution in [0.4, 0.5) is 20.2 Å². The number of hydrogen-bond donors (Lipinski definition) is 1. The van der Waals surface area contributed by atoms with E-state index in [0.717, 1.165) is 24.4 Å². The first-order chi connectivity index (χ1) is 13.3. The van der Waals surface area contributed by atoms with Crippen LogP contribution in [0.1, 0.15) is 17.0 Å². The molecule has 28 heavy (non-hydrogen) atoms. The molecule has 0 unspecified atom stereocenters. The first-order valence-corrected chi connectivity index (χ1v) is 8.07. The van der Waals surface area contributed by atoms with Crippen molar-refractivity contribution in [1.82, 2.24) is 9.78 Å². The fraction of sp³-hybridized carbons (Fsp3) is 0.0588. The van der Waals surface area contributed by atoms with E-state index < -0.39 is 23.1 Å². The summed E-state index contributed by atoms with van der Waals surface area (Å²) < 4.78 is 31.5. The van der Waals surface area contributed by atoms with Crippen LogP contribution in [-0.2, 0) is 0 Å². The van der Waals surface area contributed by atoms with Crippen LogP contribution in [0, 0.1) is 10.1 Å². The summed E-state index contributed by atoms with van der Waals surface area (Å²) in [6, 6.07) is 10.9. The third kappa shape index (κ3) is 4.41. The van der Waals surface area contributed by atoms with E-state index in [1.807, 2.05) is 0 Å². The molecule has 11 heteroatoms. The van der Waals surface area contributed by atoms with E-state index in [2.05, 4.69) is 10.4 Å². The average molecular weight is 409 g/mol. The summed E-state index contributed by atoms with van der Waals surface area (Å²) in [6.45, 7) is -3.01. The molecule has 0 saturated heterocycles. The number of aromatic nitrogens is 2. The Balaban J connectivity index is 1.88. The van der Waals surface area contributed by atoms with Gasteiger partial charge in [0.05, 0.1) is 16.7 Å². The number of rotatable bonds is 6.